The number of hydrogen-bond acceptors (Lipinski definition) is 6. The van der Waals surface area contributed by atoms with E-state index in [1.165, 1.54) is 64.2 Å². The molecule has 0 aromatic heterocycles. The summed E-state index contributed by atoms with van der Waals surface area (Å²) in [6.45, 7) is 3.52. The number of hydrogen-bond donors (Lipinski definition) is 2. The molecular weight excluding hydrogens is 651 g/mol. The van der Waals surface area contributed by atoms with Crippen LogP contribution in [0.25, 0.3) is 0 Å². The molecule has 0 radical (unpaired) electrons. The summed E-state index contributed by atoms with van der Waals surface area (Å²) in [7, 11) is -4.77. The number of carbonyl (C=O) groups is 2. The van der Waals surface area contributed by atoms with Gasteiger partial charge in [0.05, 0.1) is 6.61 Å². The van der Waals surface area contributed by atoms with E-state index in [4.69, 9.17) is 19.3 Å². The molecule has 0 aromatic rings. The van der Waals surface area contributed by atoms with Crippen molar-refractivity contribution in [3.05, 3.63) is 60.8 Å². The maximum atomic E-state index is 12.4. The van der Waals surface area contributed by atoms with Crippen molar-refractivity contribution in [3.63, 3.8) is 0 Å². The molecule has 2 N–H and O–H groups in total. The summed E-state index contributed by atoms with van der Waals surface area (Å²) >= 11 is 0. The molecule has 0 unspecified atom stereocenters. The van der Waals surface area contributed by atoms with Crippen LogP contribution in [0.5, 0.6) is 0 Å². The van der Waals surface area contributed by atoms with Gasteiger partial charge in [-0.1, -0.05) is 139 Å². The Morgan fingerprint density at radius 2 is 0.960 bits per heavy atom. The molecule has 50 heavy (non-hydrogen) atoms. The summed E-state index contributed by atoms with van der Waals surface area (Å²) in [5.41, 5.74) is 0. The molecule has 0 aliphatic carbocycles. The van der Waals surface area contributed by atoms with E-state index in [0.29, 0.717) is 12.8 Å². The van der Waals surface area contributed by atoms with Crippen LogP contribution in [-0.4, -0.2) is 41.0 Å². The van der Waals surface area contributed by atoms with Gasteiger partial charge in [0.2, 0.25) is 0 Å². The van der Waals surface area contributed by atoms with Crippen molar-refractivity contribution in [2.45, 2.75) is 174 Å². The van der Waals surface area contributed by atoms with Crippen molar-refractivity contribution in [2.24, 2.45) is 0 Å². The standard InChI is InChI=1S/C41H71O8P/c1-3-5-7-9-11-13-15-17-19-20-22-23-25-27-29-31-33-35-40(42)47-37-39(38-48-50(44,45)46)49-41(43)36-34-32-30-28-26-24-21-18-16-14-12-10-8-6-4-2/h6,8,12,14,17-19,21,26,28,39H,3-5,7,9-11,13,15-16,20,22-25,27,29-38H2,1-2H3,(H2,44,45,46)/b8-6-,14-12-,19-17-,21-18-,28-26-/t39-/m1/s1. The van der Waals surface area contributed by atoms with E-state index in [2.05, 4.69) is 79.1 Å². The number of phosphoric acid groups is 1. The van der Waals surface area contributed by atoms with Crippen molar-refractivity contribution < 1.29 is 37.9 Å². The summed E-state index contributed by atoms with van der Waals surface area (Å²) in [5, 5.41) is 0. The van der Waals surface area contributed by atoms with Crippen LogP contribution in [-0.2, 0) is 28.2 Å². The predicted octanol–water partition coefficient (Wildman–Crippen LogP) is 11.7. The normalized spacial score (nSPS) is 13.1. The average molecular weight is 723 g/mol. The maximum Gasteiger partial charge on any atom is 0.469 e. The van der Waals surface area contributed by atoms with Crippen LogP contribution >= 0.6 is 7.82 Å². The van der Waals surface area contributed by atoms with Gasteiger partial charge in [-0.25, -0.2) is 4.57 Å². The highest BCUT2D eigenvalue weighted by Gasteiger charge is 2.22. The van der Waals surface area contributed by atoms with Gasteiger partial charge in [0.25, 0.3) is 0 Å². The Labute approximate surface area is 305 Å². The molecule has 1 atom stereocenters. The summed E-state index contributed by atoms with van der Waals surface area (Å²) in [6.07, 6.45) is 45.1. The highest BCUT2D eigenvalue weighted by Crippen LogP contribution is 2.36. The van der Waals surface area contributed by atoms with Crippen molar-refractivity contribution >= 4 is 19.8 Å². The summed E-state index contributed by atoms with van der Waals surface area (Å²) in [4.78, 5) is 42.7. The van der Waals surface area contributed by atoms with Gasteiger partial charge in [0, 0.05) is 12.8 Å². The minimum Gasteiger partial charge on any atom is -0.462 e. The number of rotatable bonds is 35. The molecule has 0 heterocycles. The third-order valence-electron chi connectivity index (χ3n) is 8.02. The third-order valence-corrected chi connectivity index (χ3v) is 8.51. The second-order valence-corrected chi connectivity index (χ2v) is 14.1. The van der Waals surface area contributed by atoms with Gasteiger partial charge in [-0.2, -0.15) is 0 Å². The number of unbranched alkanes of at least 4 members (excludes halogenated alkanes) is 15. The fourth-order valence-electron chi connectivity index (χ4n) is 5.12. The topological polar surface area (TPSA) is 119 Å². The first-order valence-corrected chi connectivity index (χ1v) is 21.1. The highest BCUT2D eigenvalue weighted by molar-refractivity contribution is 7.46. The Bertz CT molecular complexity index is 995. The summed E-state index contributed by atoms with van der Waals surface area (Å²) in [6, 6.07) is 0. The first-order chi connectivity index (χ1) is 24.3. The highest BCUT2D eigenvalue weighted by atomic mass is 31.2. The summed E-state index contributed by atoms with van der Waals surface area (Å²) < 4.78 is 26.3. The lowest BCUT2D eigenvalue weighted by molar-refractivity contribution is -0.161. The number of ether oxygens (including phenoxy) is 2. The zero-order valence-corrected chi connectivity index (χ0v) is 32.4. The number of esters is 2. The maximum absolute atomic E-state index is 12.4. The third kappa shape index (κ3) is 38.6. The quantitative estimate of drug-likeness (QED) is 0.0287. The second-order valence-electron chi connectivity index (χ2n) is 12.9. The van der Waals surface area contributed by atoms with Crippen LogP contribution in [0.3, 0.4) is 0 Å². The Kier molecular flexibility index (Phi) is 34.9. The van der Waals surface area contributed by atoms with Gasteiger partial charge in [-0.3, -0.25) is 14.1 Å². The van der Waals surface area contributed by atoms with E-state index in [-0.39, 0.29) is 19.4 Å². The fraction of sp³-hybridized carbons (Fsp3) is 0.707. The molecule has 9 heteroatoms. The van der Waals surface area contributed by atoms with Crippen molar-refractivity contribution in [1.29, 1.82) is 0 Å². The lowest BCUT2D eigenvalue weighted by Gasteiger charge is -2.18. The molecule has 0 rings (SSSR count). The molecular formula is C41H71O8P. The minimum atomic E-state index is -4.77. The molecule has 0 fully saturated rings. The van der Waals surface area contributed by atoms with E-state index < -0.39 is 32.5 Å². The lowest BCUT2D eigenvalue weighted by atomic mass is 10.1. The number of allylic oxidation sites excluding steroid dienone is 10. The first kappa shape index (κ1) is 47.8. The van der Waals surface area contributed by atoms with Gasteiger partial charge >= 0.3 is 19.8 Å². The zero-order valence-electron chi connectivity index (χ0n) is 31.5. The first-order valence-electron chi connectivity index (χ1n) is 19.6. The fourth-order valence-corrected chi connectivity index (χ4v) is 5.48. The van der Waals surface area contributed by atoms with Crippen molar-refractivity contribution in [1.82, 2.24) is 0 Å². The van der Waals surface area contributed by atoms with Crippen LogP contribution in [0.4, 0.5) is 0 Å². The van der Waals surface area contributed by atoms with E-state index in [0.717, 1.165) is 64.2 Å². The van der Waals surface area contributed by atoms with Crippen molar-refractivity contribution in [3.8, 4) is 0 Å². The average Bonchev–Trinajstić information content (AvgIpc) is 3.08. The SMILES string of the molecule is CC/C=C\C/C=C\C/C=C\C/C=C\CCCCC(=O)O[C@H](COC(=O)CCCCCCCCC/C=C\CCCCCCCC)COP(=O)(O)O. The molecule has 8 nitrogen and oxygen atoms in total. The van der Waals surface area contributed by atoms with E-state index in [1.54, 1.807) is 0 Å². The van der Waals surface area contributed by atoms with Gasteiger partial charge in [0.15, 0.2) is 6.10 Å². The monoisotopic (exact) mass is 722 g/mol. The number of carbonyl (C=O) groups excluding carboxylic acids is 2. The summed E-state index contributed by atoms with van der Waals surface area (Å²) in [5.74, 6) is -0.942. The Hall–Kier alpha value is -2.25. The Morgan fingerprint density at radius 1 is 0.540 bits per heavy atom. The molecule has 0 saturated carbocycles. The second kappa shape index (κ2) is 36.5. The molecule has 0 aliphatic rings. The smallest absolute Gasteiger partial charge is 0.462 e. The largest absolute Gasteiger partial charge is 0.469 e. The molecule has 0 spiro atoms. The minimum absolute atomic E-state index is 0.157. The Morgan fingerprint density at radius 3 is 1.50 bits per heavy atom. The zero-order chi connectivity index (χ0) is 36.8. The van der Waals surface area contributed by atoms with Gasteiger partial charge in [0.1, 0.15) is 6.61 Å². The van der Waals surface area contributed by atoms with E-state index >= 15 is 0 Å². The van der Waals surface area contributed by atoms with Crippen molar-refractivity contribution in [2.75, 3.05) is 13.2 Å². The number of phosphoric ester groups is 1. The van der Waals surface area contributed by atoms with E-state index in [1.807, 2.05) is 0 Å². The van der Waals surface area contributed by atoms with Crippen LogP contribution in [0.15, 0.2) is 60.8 Å². The van der Waals surface area contributed by atoms with E-state index in [9.17, 15) is 14.2 Å². The molecule has 0 amide bonds. The predicted molar refractivity (Wildman–Crippen MR) is 207 cm³/mol. The van der Waals surface area contributed by atoms with Crippen LogP contribution in [0.1, 0.15) is 168 Å². The van der Waals surface area contributed by atoms with Gasteiger partial charge in [-0.05, 0) is 77.0 Å². The van der Waals surface area contributed by atoms with Crippen LogP contribution < -0.4 is 0 Å². The Balaban J connectivity index is 4.02. The van der Waals surface area contributed by atoms with Crippen LogP contribution in [0.2, 0.25) is 0 Å². The van der Waals surface area contributed by atoms with Gasteiger partial charge in [-0.15, -0.1) is 0 Å². The molecule has 0 aromatic carbocycles. The molecule has 0 saturated heterocycles. The van der Waals surface area contributed by atoms with Crippen LogP contribution in [0, 0.1) is 0 Å². The molecule has 288 valence electrons. The molecule has 0 aliphatic heterocycles. The lowest BCUT2D eigenvalue weighted by Crippen LogP contribution is -2.29. The molecule has 0 bridgehead atoms. The van der Waals surface area contributed by atoms with Gasteiger partial charge < -0.3 is 19.3 Å².